The van der Waals surface area contributed by atoms with Gasteiger partial charge in [-0.15, -0.1) is 22.7 Å². The summed E-state index contributed by atoms with van der Waals surface area (Å²) in [5, 5.41) is 4.32. The fourth-order valence-corrected chi connectivity index (χ4v) is 4.13. The maximum atomic E-state index is 5.29. The molecule has 2 aromatic heterocycles. The van der Waals surface area contributed by atoms with Gasteiger partial charge in [-0.1, -0.05) is 26.0 Å². The molecule has 0 aliphatic rings. The van der Waals surface area contributed by atoms with Gasteiger partial charge >= 0.3 is 0 Å². The minimum atomic E-state index is 0.563. The molecule has 0 amide bonds. The highest BCUT2D eigenvalue weighted by Gasteiger charge is 2.10. The summed E-state index contributed by atoms with van der Waals surface area (Å²) in [4.78, 5) is 7.15. The van der Waals surface area contributed by atoms with Crippen molar-refractivity contribution < 1.29 is 4.74 Å². The molecule has 3 nitrogen and oxygen atoms in total. The summed E-state index contributed by atoms with van der Waals surface area (Å²) in [6, 6.07) is 12.1. The maximum absolute atomic E-state index is 5.29. The Balaban J connectivity index is 2.09. The average Bonchev–Trinajstić information content (AvgIpc) is 3.18. The largest absolute Gasteiger partial charge is 0.497 e. The van der Waals surface area contributed by atoms with Crippen molar-refractivity contribution in [1.29, 1.82) is 0 Å². The molecule has 0 spiro atoms. The molecule has 3 rings (SSSR count). The quantitative estimate of drug-likeness (QED) is 0.627. The second kappa shape index (κ2) is 7.15. The van der Waals surface area contributed by atoms with Crippen molar-refractivity contribution >= 4 is 28.4 Å². The number of methoxy groups -OCH3 is 1. The molecule has 1 aromatic carbocycles. The van der Waals surface area contributed by atoms with E-state index in [0.717, 1.165) is 22.8 Å². The first-order valence-electron chi connectivity index (χ1n) is 7.58. The van der Waals surface area contributed by atoms with Crippen molar-refractivity contribution in [2.75, 3.05) is 7.11 Å². The summed E-state index contributed by atoms with van der Waals surface area (Å²) in [7, 11) is 1.68. The van der Waals surface area contributed by atoms with Crippen molar-refractivity contribution in [3.63, 3.8) is 0 Å². The lowest BCUT2D eigenvalue weighted by Crippen LogP contribution is -2.18. The molecule has 5 heteroatoms. The number of benzene rings is 1. The Labute approximate surface area is 144 Å². The second-order valence-corrected chi connectivity index (χ2v) is 7.48. The zero-order valence-electron chi connectivity index (χ0n) is 13.5. The van der Waals surface area contributed by atoms with Gasteiger partial charge in [0.2, 0.25) is 0 Å². The molecular weight excluding hydrogens is 324 g/mol. The highest BCUT2D eigenvalue weighted by molar-refractivity contribution is 7.14. The molecule has 0 aliphatic carbocycles. The molecule has 0 atom stereocenters. The van der Waals surface area contributed by atoms with Crippen LogP contribution in [0.1, 0.15) is 13.8 Å². The summed E-state index contributed by atoms with van der Waals surface area (Å²) in [6.07, 6.45) is 0. The van der Waals surface area contributed by atoms with Crippen LogP contribution < -0.4 is 9.54 Å². The van der Waals surface area contributed by atoms with Crippen molar-refractivity contribution in [3.05, 3.63) is 52.0 Å². The summed E-state index contributed by atoms with van der Waals surface area (Å²) < 4.78 is 7.61. The SMILES string of the molecule is COc1cccc(N=c2scc(-c3cccs3)n2CC(C)C)c1. The van der Waals surface area contributed by atoms with Crippen LogP contribution in [0, 0.1) is 5.92 Å². The molecule has 0 radical (unpaired) electrons. The van der Waals surface area contributed by atoms with Crippen LogP contribution in [0.5, 0.6) is 5.75 Å². The minimum Gasteiger partial charge on any atom is -0.497 e. The van der Waals surface area contributed by atoms with E-state index in [0.29, 0.717) is 5.92 Å². The van der Waals surface area contributed by atoms with Gasteiger partial charge in [-0.25, -0.2) is 4.99 Å². The Bertz CT molecular complexity index is 829. The molecule has 0 saturated carbocycles. The van der Waals surface area contributed by atoms with Crippen molar-refractivity contribution in [2.24, 2.45) is 10.9 Å². The molecular formula is C18H20N2OS2. The first-order valence-corrected chi connectivity index (χ1v) is 9.34. The molecule has 2 heterocycles. The van der Waals surface area contributed by atoms with E-state index in [9.17, 15) is 0 Å². The molecule has 120 valence electrons. The number of hydrogen-bond donors (Lipinski definition) is 0. The van der Waals surface area contributed by atoms with E-state index in [4.69, 9.17) is 9.73 Å². The lowest BCUT2D eigenvalue weighted by molar-refractivity contribution is 0.415. The van der Waals surface area contributed by atoms with Crippen molar-refractivity contribution in [1.82, 2.24) is 4.57 Å². The van der Waals surface area contributed by atoms with E-state index in [1.165, 1.54) is 10.6 Å². The van der Waals surface area contributed by atoms with Crippen LogP contribution in [-0.2, 0) is 6.54 Å². The van der Waals surface area contributed by atoms with Gasteiger partial charge in [-0.2, -0.15) is 0 Å². The predicted molar refractivity (Wildman–Crippen MR) is 98.7 cm³/mol. The number of thiophene rings is 1. The summed E-state index contributed by atoms with van der Waals surface area (Å²) in [5.41, 5.74) is 2.17. The van der Waals surface area contributed by atoms with Crippen LogP contribution >= 0.6 is 22.7 Å². The van der Waals surface area contributed by atoms with Gasteiger partial charge in [0.25, 0.3) is 0 Å². The Kier molecular flexibility index (Phi) is 4.98. The van der Waals surface area contributed by atoms with Gasteiger partial charge in [-0.05, 0) is 29.5 Å². The maximum Gasteiger partial charge on any atom is 0.190 e. The molecule has 23 heavy (non-hydrogen) atoms. The summed E-state index contributed by atoms with van der Waals surface area (Å²) in [5.74, 6) is 1.39. The zero-order valence-corrected chi connectivity index (χ0v) is 15.2. The van der Waals surface area contributed by atoms with Crippen LogP contribution in [-0.4, -0.2) is 11.7 Å². The number of thiazole rings is 1. The van der Waals surface area contributed by atoms with Crippen molar-refractivity contribution in [2.45, 2.75) is 20.4 Å². The normalized spacial score (nSPS) is 12.1. The number of ether oxygens (including phenoxy) is 1. The summed E-state index contributed by atoms with van der Waals surface area (Å²) in [6.45, 7) is 5.43. The number of hydrogen-bond acceptors (Lipinski definition) is 4. The Morgan fingerprint density at radius 1 is 1.17 bits per heavy atom. The fraction of sp³-hybridized carbons (Fsp3) is 0.278. The van der Waals surface area contributed by atoms with E-state index >= 15 is 0 Å². The van der Waals surface area contributed by atoms with Crippen LogP contribution in [0.15, 0.2) is 52.2 Å². The van der Waals surface area contributed by atoms with Crippen LogP contribution in [0.3, 0.4) is 0 Å². The minimum absolute atomic E-state index is 0.563. The van der Waals surface area contributed by atoms with Crippen molar-refractivity contribution in [3.8, 4) is 16.3 Å². The Morgan fingerprint density at radius 3 is 2.74 bits per heavy atom. The molecule has 0 bridgehead atoms. The third-order valence-electron chi connectivity index (χ3n) is 3.40. The zero-order chi connectivity index (χ0) is 16.2. The molecule has 0 unspecified atom stereocenters. The number of aromatic nitrogens is 1. The standard InChI is InChI=1S/C18H20N2OS2/c1-13(2)11-20-16(17-8-5-9-22-17)12-23-18(20)19-14-6-4-7-15(10-14)21-3/h4-10,12-13H,11H2,1-3H3. The number of nitrogens with zero attached hydrogens (tertiary/aromatic N) is 2. The second-order valence-electron chi connectivity index (χ2n) is 5.70. The monoisotopic (exact) mass is 344 g/mol. The van der Waals surface area contributed by atoms with E-state index in [2.05, 4.69) is 41.3 Å². The highest BCUT2D eigenvalue weighted by Crippen LogP contribution is 2.26. The van der Waals surface area contributed by atoms with Gasteiger partial charge < -0.3 is 9.30 Å². The molecule has 3 aromatic rings. The summed E-state index contributed by atoms with van der Waals surface area (Å²) >= 11 is 3.45. The van der Waals surface area contributed by atoms with Crippen LogP contribution in [0.2, 0.25) is 0 Å². The van der Waals surface area contributed by atoms with E-state index in [1.807, 2.05) is 24.3 Å². The lowest BCUT2D eigenvalue weighted by atomic mass is 10.2. The Morgan fingerprint density at radius 2 is 2.04 bits per heavy atom. The molecule has 0 aliphatic heterocycles. The van der Waals surface area contributed by atoms with E-state index < -0.39 is 0 Å². The predicted octanol–water partition coefficient (Wildman–Crippen LogP) is 5.18. The third-order valence-corrected chi connectivity index (χ3v) is 5.15. The lowest BCUT2D eigenvalue weighted by Gasteiger charge is -2.10. The van der Waals surface area contributed by atoms with Gasteiger partial charge in [0.05, 0.1) is 23.4 Å². The Hall–Kier alpha value is -1.85. The third kappa shape index (κ3) is 3.74. The molecule has 0 saturated heterocycles. The first-order chi connectivity index (χ1) is 11.2. The smallest absolute Gasteiger partial charge is 0.190 e. The van der Waals surface area contributed by atoms with Gasteiger partial charge in [0.15, 0.2) is 4.80 Å². The molecule has 0 fully saturated rings. The first kappa shape index (κ1) is 16.0. The fourth-order valence-electron chi connectivity index (χ4n) is 2.37. The van der Waals surface area contributed by atoms with Crippen LogP contribution in [0.25, 0.3) is 10.6 Å². The highest BCUT2D eigenvalue weighted by atomic mass is 32.1. The topological polar surface area (TPSA) is 26.5 Å². The number of rotatable bonds is 5. The van der Waals surface area contributed by atoms with Gasteiger partial charge in [0.1, 0.15) is 5.75 Å². The van der Waals surface area contributed by atoms with E-state index in [1.54, 1.807) is 29.8 Å². The molecule has 0 N–H and O–H groups in total. The van der Waals surface area contributed by atoms with Gasteiger partial charge in [-0.3, -0.25) is 0 Å². The van der Waals surface area contributed by atoms with Gasteiger partial charge in [0, 0.05) is 18.0 Å². The average molecular weight is 345 g/mol. The van der Waals surface area contributed by atoms with E-state index in [-0.39, 0.29) is 0 Å². The van der Waals surface area contributed by atoms with Crippen LogP contribution in [0.4, 0.5) is 5.69 Å².